The molecule has 2 atom stereocenters. The molecule has 26 heavy (non-hydrogen) atoms. The van der Waals surface area contributed by atoms with Gasteiger partial charge in [0.1, 0.15) is 12.0 Å². The second kappa shape index (κ2) is 7.39. The molecule has 1 aliphatic rings. The Kier molecular flexibility index (Phi) is 4.64. The third-order valence-corrected chi connectivity index (χ3v) is 4.68. The van der Waals surface area contributed by atoms with Crippen LogP contribution in [-0.4, -0.2) is 40.5 Å². The van der Waals surface area contributed by atoms with Crippen molar-refractivity contribution in [1.82, 2.24) is 14.9 Å². The van der Waals surface area contributed by atoms with Gasteiger partial charge in [0.2, 0.25) is 0 Å². The molecule has 3 aromatic heterocycles. The average molecular weight is 349 g/mol. The highest BCUT2D eigenvalue weighted by Gasteiger charge is 2.37. The Bertz CT molecular complexity index is 837. The number of pyridine rings is 2. The fourth-order valence-corrected chi connectivity index (χ4v) is 3.34. The maximum Gasteiger partial charge on any atom is 0.257 e. The molecular weight excluding hydrogens is 330 g/mol. The standard InChI is InChI=1S/C20H19N3O3/c24-20(15-6-10-25-13-15)23-11-16(14-26-17-4-8-21-9-5-17)18(12-23)19-3-1-2-7-22-19/h1-10,13,16,18H,11-12,14H2/t16-,18+/m0/s1. The van der Waals surface area contributed by atoms with Crippen molar-refractivity contribution in [3.63, 3.8) is 0 Å². The van der Waals surface area contributed by atoms with E-state index in [4.69, 9.17) is 9.15 Å². The van der Waals surface area contributed by atoms with E-state index in [1.165, 1.54) is 12.5 Å². The second-order valence-corrected chi connectivity index (χ2v) is 6.34. The number of ether oxygens (including phenoxy) is 1. The number of carbonyl (C=O) groups is 1. The number of hydrogen-bond acceptors (Lipinski definition) is 5. The SMILES string of the molecule is O=C(c1ccoc1)N1C[C@@H](COc2ccncc2)[C@H](c2ccccn2)C1. The first-order chi connectivity index (χ1) is 12.8. The zero-order chi connectivity index (χ0) is 17.8. The minimum Gasteiger partial charge on any atom is -0.493 e. The molecule has 1 fully saturated rings. The van der Waals surface area contributed by atoms with Crippen LogP contribution >= 0.6 is 0 Å². The lowest BCUT2D eigenvalue weighted by molar-refractivity contribution is 0.0781. The molecule has 6 nitrogen and oxygen atoms in total. The summed E-state index contributed by atoms with van der Waals surface area (Å²) >= 11 is 0. The van der Waals surface area contributed by atoms with Crippen LogP contribution in [0.2, 0.25) is 0 Å². The number of likely N-dealkylation sites (tertiary alicyclic amines) is 1. The molecule has 6 heteroatoms. The average Bonchev–Trinajstić information content (AvgIpc) is 3.37. The normalized spacial score (nSPS) is 19.5. The number of amides is 1. The second-order valence-electron chi connectivity index (χ2n) is 6.34. The molecule has 0 unspecified atom stereocenters. The van der Waals surface area contributed by atoms with Crippen LogP contribution in [0.5, 0.6) is 5.75 Å². The highest BCUT2D eigenvalue weighted by Crippen LogP contribution is 2.33. The topological polar surface area (TPSA) is 68.5 Å². The summed E-state index contributed by atoms with van der Waals surface area (Å²) in [7, 11) is 0. The predicted octanol–water partition coefficient (Wildman–Crippen LogP) is 3.00. The van der Waals surface area contributed by atoms with E-state index in [9.17, 15) is 4.79 Å². The monoisotopic (exact) mass is 349 g/mol. The first-order valence-corrected chi connectivity index (χ1v) is 8.56. The minimum absolute atomic E-state index is 0.0221. The molecule has 1 aliphatic heterocycles. The van der Waals surface area contributed by atoms with Crippen LogP contribution < -0.4 is 4.74 Å². The summed E-state index contributed by atoms with van der Waals surface area (Å²) in [6.45, 7) is 1.75. The quantitative estimate of drug-likeness (QED) is 0.708. The van der Waals surface area contributed by atoms with Gasteiger partial charge in [0.05, 0.1) is 18.4 Å². The first kappa shape index (κ1) is 16.3. The molecule has 0 bridgehead atoms. The van der Waals surface area contributed by atoms with Crippen molar-refractivity contribution in [1.29, 1.82) is 0 Å². The Hall–Kier alpha value is -3.15. The zero-order valence-electron chi connectivity index (χ0n) is 14.2. The van der Waals surface area contributed by atoms with E-state index in [1.807, 2.05) is 35.2 Å². The molecule has 1 amide bonds. The van der Waals surface area contributed by atoms with Gasteiger partial charge in [0, 0.05) is 49.2 Å². The largest absolute Gasteiger partial charge is 0.493 e. The summed E-state index contributed by atoms with van der Waals surface area (Å²) in [4.78, 5) is 23.1. The molecule has 3 aromatic rings. The van der Waals surface area contributed by atoms with Gasteiger partial charge in [-0.05, 0) is 30.3 Å². The van der Waals surface area contributed by atoms with Crippen molar-refractivity contribution in [2.75, 3.05) is 19.7 Å². The molecule has 0 spiro atoms. The Morgan fingerprint density at radius 3 is 2.77 bits per heavy atom. The van der Waals surface area contributed by atoms with Crippen LogP contribution in [-0.2, 0) is 0 Å². The molecule has 0 N–H and O–H groups in total. The number of aromatic nitrogens is 2. The summed E-state index contributed by atoms with van der Waals surface area (Å²) in [5, 5.41) is 0. The number of hydrogen-bond donors (Lipinski definition) is 0. The van der Waals surface area contributed by atoms with Gasteiger partial charge in [-0.15, -0.1) is 0 Å². The molecule has 1 saturated heterocycles. The Labute approximate surface area is 151 Å². The number of carbonyl (C=O) groups excluding carboxylic acids is 1. The lowest BCUT2D eigenvalue weighted by Gasteiger charge is -2.18. The van der Waals surface area contributed by atoms with Crippen molar-refractivity contribution < 1.29 is 13.9 Å². The molecular formula is C20H19N3O3. The molecule has 4 heterocycles. The summed E-state index contributed by atoms with van der Waals surface area (Å²) in [6.07, 6.45) is 8.20. The van der Waals surface area contributed by atoms with Crippen molar-refractivity contribution >= 4 is 5.91 Å². The maximum atomic E-state index is 12.7. The van der Waals surface area contributed by atoms with Crippen molar-refractivity contribution in [3.8, 4) is 5.75 Å². The van der Waals surface area contributed by atoms with Crippen LogP contribution in [0.4, 0.5) is 0 Å². The van der Waals surface area contributed by atoms with Crippen molar-refractivity contribution in [2.24, 2.45) is 5.92 Å². The van der Waals surface area contributed by atoms with E-state index in [2.05, 4.69) is 9.97 Å². The summed E-state index contributed by atoms with van der Waals surface area (Å²) in [6, 6.07) is 11.2. The minimum atomic E-state index is -0.0221. The first-order valence-electron chi connectivity index (χ1n) is 8.56. The molecule has 0 radical (unpaired) electrons. The fourth-order valence-electron chi connectivity index (χ4n) is 3.34. The van der Waals surface area contributed by atoms with Crippen LogP contribution in [0.3, 0.4) is 0 Å². The lowest BCUT2D eigenvalue weighted by atomic mass is 9.93. The molecule has 0 aliphatic carbocycles. The van der Waals surface area contributed by atoms with Gasteiger partial charge in [-0.3, -0.25) is 14.8 Å². The highest BCUT2D eigenvalue weighted by atomic mass is 16.5. The maximum absolute atomic E-state index is 12.7. The predicted molar refractivity (Wildman–Crippen MR) is 94.8 cm³/mol. The van der Waals surface area contributed by atoms with Crippen molar-refractivity contribution in [2.45, 2.75) is 5.92 Å². The van der Waals surface area contributed by atoms with E-state index < -0.39 is 0 Å². The lowest BCUT2D eigenvalue weighted by Crippen LogP contribution is -2.29. The van der Waals surface area contributed by atoms with Gasteiger partial charge in [-0.25, -0.2) is 0 Å². The van der Waals surface area contributed by atoms with Crippen LogP contribution in [0.1, 0.15) is 22.0 Å². The summed E-state index contributed by atoms with van der Waals surface area (Å²) in [5.41, 5.74) is 1.55. The van der Waals surface area contributed by atoms with Gasteiger partial charge in [0.25, 0.3) is 5.91 Å². The number of rotatable bonds is 5. The van der Waals surface area contributed by atoms with E-state index in [0.29, 0.717) is 25.3 Å². The van der Waals surface area contributed by atoms with Crippen LogP contribution in [0.25, 0.3) is 0 Å². The zero-order valence-corrected chi connectivity index (χ0v) is 14.2. The number of nitrogens with zero attached hydrogens (tertiary/aromatic N) is 3. The summed E-state index contributed by atoms with van der Waals surface area (Å²) in [5.74, 6) is 1.05. The van der Waals surface area contributed by atoms with Crippen LogP contribution in [0, 0.1) is 5.92 Å². The van der Waals surface area contributed by atoms with E-state index in [0.717, 1.165) is 11.4 Å². The van der Waals surface area contributed by atoms with E-state index >= 15 is 0 Å². The molecule has 4 rings (SSSR count). The molecule has 132 valence electrons. The van der Waals surface area contributed by atoms with Gasteiger partial charge < -0.3 is 14.1 Å². The third kappa shape index (κ3) is 3.44. The smallest absolute Gasteiger partial charge is 0.257 e. The molecule has 0 saturated carbocycles. The Balaban J connectivity index is 1.52. The van der Waals surface area contributed by atoms with E-state index in [-0.39, 0.29) is 17.7 Å². The summed E-state index contributed by atoms with van der Waals surface area (Å²) < 4.78 is 11.0. The highest BCUT2D eigenvalue weighted by molar-refractivity contribution is 5.94. The molecule has 0 aromatic carbocycles. The third-order valence-electron chi connectivity index (χ3n) is 4.68. The van der Waals surface area contributed by atoms with Crippen LogP contribution in [0.15, 0.2) is 71.9 Å². The van der Waals surface area contributed by atoms with Gasteiger partial charge in [-0.1, -0.05) is 6.07 Å². The Morgan fingerprint density at radius 1 is 1.15 bits per heavy atom. The van der Waals surface area contributed by atoms with Gasteiger partial charge >= 0.3 is 0 Å². The van der Waals surface area contributed by atoms with Gasteiger partial charge in [0.15, 0.2) is 0 Å². The Morgan fingerprint density at radius 2 is 2.04 bits per heavy atom. The van der Waals surface area contributed by atoms with Gasteiger partial charge in [-0.2, -0.15) is 0 Å². The number of furan rings is 1. The van der Waals surface area contributed by atoms with E-state index in [1.54, 1.807) is 24.7 Å². The fraction of sp³-hybridized carbons (Fsp3) is 0.250. The van der Waals surface area contributed by atoms with Crippen molar-refractivity contribution in [3.05, 3.63) is 78.8 Å².